The van der Waals surface area contributed by atoms with Crippen molar-refractivity contribution < 1.29 is 9.53 Å². The third-order valence-electron chi connectivity index (χ3n) is 5.43. The zero-order chi connectivity index (χ0) is 21.2. The van der Waals surface area contributed by atoms with Crippen molar-refractivity contribution in [2.24, 2.45) is 0 Å². The Balaban J connectivity index is 1.57. The third kappa shape index (κ3) is 6.32. The molecule has 3 aromatic carbocycles. The maximum absolute atomic E-state index is 12.4. The van der Waals surface area contributed by atoms with Gasteiger partial charge in [0, 0.05) is 0 Å². The summed E-state index contributed by atoms with van der Waals surface area (Å²) in [7, 11) is 0. The molecule has 0 heterocycles. The summed E-state index contributed by atoms with van der Waals surface area (Å²) < 4.78 is 5.55. The summed E-state index contributed by atoms with van der Waals surface area (Å²) in [5.41, 5.74) is 5.52. The SMILES string of the molecule is CCCCCc1ccc(C(=O)Oc2ccc(-c3ccc(CCCC)cc3)cc2)cc1. The van der Waals surface area contributed by atoms with Crippen molar-refractivity contribution in [3.8, 4) is 16.9 Å². The average Bonchev–Trinajstić information content (AvgIpc) is 2.79. The Bertz CT molecular complexity index is 906. The molecule has 0 aromatic heterocycles. The van der Waals surface area contributed by atoms with Crippen molar-refractivity contribution >= 4 is 5.97 Å². The zero-order valence-electron chi connectivity index (χ0n) is 18.2. The van der Waals surface area contributed by atoms with Crippen LogP contribution >= 0.6 is 0 Å². The number of carbonyl (C=O) groups excluding carboxylic acids is 1. The van der Waals surface area contributed by atoms with Crippen LogP contribution in [0.4, 0.5) is 0 Å². The van der Waals surface area contributed by atoms with Crippen LogP contribution in [0, 0.1) is 0 Å². The first-order valence-corrected chi connectivity index (χ1v) is 11.2. The van der Waals surface area contributed by atoms with Gasteiger partial charge >= 0.3 is 5.97 Å². The van der Waals surface area contributed by atoms with Crippen LogP contribution in [0.25, 0.3) is 11.1 Å². The normalized spacial score (nSPS) is 10.7. The van der Waals surface area contributed by atoms with E-state index in [1.165, 1.54) is 48.8 Å². The molecule has 0 spiro atoms. The van der Waals surface area contributed by atoms with Crippen LogP contribution < -0.4 is 4.74 Å². The van der Waals surface area contributed by atoms with Crippen LogP contribution in [-0.2, 0) is 12.8 Å². The van der Waals surface area contributed by atoms with E-state index in [2.05, 4.69) is 38.1 Å². The van der Waals surface area contributed by atoms with E-state index in [0.29, 0.717) is 11.3 Å². The number of hydrogen-bond donors (Lipinski definition) is 0. The fraction of sp³-hybridized carbons (Fsp3) is 0.321. The third-order valence-corrected chi connectivity index (χ3v) is 5.43. The summed E-state index contributed by atoms with van der Waals surface area (Å²) in [5.74, 6) is 0.249. The van der Waals surface area contributed by atoms with Gasteiger partial charge in [0.25, 0.3) is 0 Å². The minimum absolute atomic E-state index is 0.317. The predicted molar refractivity (Wildman–Crippen MR) is 125 cm³/mol. The van der Waals surface area contributed by atoms with Crippen molar-refractivity contribution in [2.75, 3.05) is 0 Å². The molecule has 0 saturated heterocycles. The quantitative estimate of drug-likeness (QED) is 0.198. The van der Waals surface area contributed by atoms with E-state index in [0.717, 1.165) is 18.4 Å². The second kappa shape index (κ2) is 11.3. The minimum Gasteiger partial charge on any atom is -0.423 e. The first kappa shape index (κ1) is 21.8. The molecule has 3 aromatic rings. The van der Waals surface area contributed by atoms with Gasteiger partial charge in [-0.3, -0.25) is 0 Å². The molecule has 30 heavy (non-hydrogen) atoms. The molecular formula is C28H32O2. The minimum atomic E-state index is -0.317. The molecule has 3 rings (SSSR count). The molecule has 0 fully saturated rings. The topological polar surface area (TPSA) is 26.3 Å². The van der Waals surface area contributed by atoms with Gasteiger partial charge in [0.15, 0.2) is 0 Å². The lowest BCUT2D eigenvalue weighted by atomic mass is 10.0. The number of benzene rings is 3. The van der Waals surface area contributed by atoms with Crippen molar-refractivity contribution in [3.05, 3.63) is 89.5 Å². The van der Waals surface area contributed by atoms with E-state index in [1.54, 1.807) is 0 Å². The highest BCUT2D eigenvalue weighted by molar-refractivity contribution is 5.91. The molecular weight excluding hydrogens is 368 g/mol. The summed E-state index contributed by atoms with van der Waals surface area (Å²) >= 11 is 0. The highest BCUT2D eigenvalue weighted by atomic mass is 16.5. The van der Waals surface area contributed by atoms with Gasteiger partial charge in [0.2, 0.25) is 0 Å². The summed E-state index contributed by atoms with van der Waals surface area (Å²) in [5, 5.41) is 0. The molecule has 0 bridgehead atoms. The second-order valence-corrected chi connectivity index (χ2v) is 7.87. The number of rotatable bonds is 10. The molecule has 0 radical (unpaired) electrons. The van der Waals surface area contributed by atoms with Crippen molar-refractivity contribution in [2.45, 2.75) is 58.8 Å². The Morgan fingerprint density at radius 3 is 1.70 bits per heavy atom. The predicted octanol–water partition coefficient (Wildman–Crippen LogP) is 7.65. The number of esters is 1. The highest BCUT2D eigenvalue weighted by Crippen LogP contribution is 2.24. The van der Waals surface area contributed by atoms with Crippen molar-refractivity contribution in [1.82, 2.24) is 0 Å². The van der Waals surface area contributed by atoms with Crippen LogP contribution in [-0.4, -0.2) is 5.97 Å². The summed E-state index contributed by atoms with van der Waals surface area (Å²) in [6.45, 7) is 4.42. The molecule has 0 aliphatic carbocycles. The zero-order valence-corrected chi connectivity index (χ0v) is 18.2. The summed E-state index contributed by atoms with van der Waals surface area (Å²) in [6, 6.07) is 24.2. The van der Waals surface area contributed by atoms with E-state index in [-0.39, 0.29) is 5.97 Å². The standard InChI is InChI=1S/C28H32O2/c1-3-5-7-9-23-12-16-26(17-13-23)28(29)30-27-20-18-25(19-21-27)24-14-10-22(11-15-24)8-6-4-2/h10-21H,3-9H2,1-2H3. The number of aryl methyl sites for hydroxylation is 2. The molecule has 156 valence electrons. The Kier molecular flexibility index (Phi) is 8.26. The van der Waals surface area contributed by atoms with Gasteiger partial charge in [-0.25, -0.2) is 4.79 Å². The van der Waals surface area contributed by atoms with E-state index >= 15 is 0 Å². The molecule has 0 aliphatic rings. The fourth-order valence-corrected chi connectivity index (χ4v) is 3.51. The molecule has 0 saturated carbocycles. The first-order chi connectivity index (χ1) is 14.7. The fourth-order valence-electron chi connectivity index (χ4n) is 3.51. The average molecular weight is 401 g/mol. The second-order valence-electron chi connectivity index (χ2n) is 7.87. The monoisotopic (exact) mass is 400 g/mol. The molecule has 2 heteroatoms. The van der Waals surface area contributed by atoms with Crippen LogP contribution in [0.5, 0.6) is 5.75 Å². The van der Waals surface area contributed by atoms with E-state index in [9.17, 15) is 4.79 Å². The van der Waals surface area contributed by atoms with Gasteiger partial charge in [-0.1, -0.05) is 81.6 Å². The summed E-state index contributed by atoms with van der Waals surface area (Å²) in [4.78, 5) is 12.4. The van der Waals surface area contributed by atoms with Gasteiger partial charge in [0.1, 0.15) is 5.75 Å². The molecule has 0 atom stereocenters. The van der Waals surface area contributed by atoms with Gasteiger partial charge in [-0.2, -0.15) is 0 Å². The lowest BCUT2D eigenvalue weighted by Gasteiger charge is -2.08. The van der Waals surface area contributed by atoms with Gasteiger partial charge in [-0.05, 0) is 72.2 Å². The highest BCUT2D eigenvalue weighted by Gasteiger charge is 2.09. The molecule has 0 amide bonds. The van der Waals surface area contributed by atoms with Gasteiger partial charge in [-0.15, -0.1) is 0 Å². The maximum atomic E-state index is 12.4. The van der Waals surface area contributed by atoms with Crippen molar-refractivity contribution in [3.63, 3.8) is 0 Å². The maximum Gasteiger partial charge on any atom is 0.343 e. The Morgan fingerprint density at radius 1 is 0.633 bits per heavy atom. The van der Waals surface area contributed by atoms with Gasteiger partial charge in [0.05, 0.1) is 5.56 Å². The molecule has 2 nitrogen and oxygen atoms in total. The van der Waals surface area contributed by atoms with E-state index in [1.807, 2.05) is 48.5 Å². The lowest BCUT2D eigenvalue weighted by molar-refractivity contribution is 0.0735. The van der Waals surface area contributed by atoms with E-state index in [4.69, 9.17) is 4.74 Å². The molecule has 0 N–H and O–H groups in total. The lowest BCUT2D eigenvalue weighted by Crippen LogP contribution is -2.08. The number of unbranched alkanes of at least 4 members (excludes halogenated alkanes) is 3. The largest absolute Gasteiger partial charge is 0.423 e. The Labute approximate surface area is 180 Å². The summed E-state index contributed by atoms with van der Waals surface area (Å²) in [6.07, 6.45) is 8.27. The van der Waals surface area contributed by atoms with E-state index < -0.39 is 0 Å². The van der Waals surface area contributed by atoms with Crippen LogP contribution in [0.3, 0.4) is 0 Å². The van der Waals surface area contributed by atoms with Crippen LogP contribution in [0.15, 0.2) is 72.8 Å². The Hall–Kier alpha value is -2.87. The number of hydrogen-bond acceptors (Lipinski definition) is 2. The molecule has 0 unspecified atom stereocenters. The Morgan fingerprint density at radius 2 is 1.13 bits per heavy atom. The molecule has 0 aliphatic heterocycles. The number of ether oxygens (including phenoxy) is 1. The number of carbonyl (C=O) groups is 1. The smallest absolute Gasteiger partial charge is 0.343 e. The van der Waals surface area contributed by atoms with Crippen LogP contribution in [0.2, 0.25) is 0 Å². The van der Waals surface area contributed by atoms with Crippen LogP contribution in [0.1, 0.15) is 67.4 Å². The first-order valence-electron chi connectivity index (χ1n) is 11.2. The van der Waals surface area contributed by atoms with Gasteiger partial charge < -0.3 is 4.74 Å². The van der Waals surface area contributed by atoms with Crippen molar-refractivity contribution in [1.29, 1.82) is 0 Å².